The molecule has 2 aliphatic rings. The number of para-hydroxylation sites is 1. The van der Waals surface area contributed by atoms with Crippen molar-refractivity contribution in [3.63, 3.8) is 0 Å². The van der Waals surface area contributed by atoms with E-state index in [2.05, 4.69) is 25.9 Å². The quantitative estimate of drug-likeness (QED) is 0.674. The first kappa shape index (κ1) is 19.4. The van der Waals surface area contributed by atoms with Crippen molar-refractivity contribution in [1.82, 2.24) is 20.6 Å². The minimum Gasteiger partial charge on any atom is -0.496 e. The van der Waals surface area contributed by atoms with E-state index in [0.717, 1.165) is 17.0 Å². The molecule has 0 unspecified atom stereocenters. The Morgan fingerprint density at radius 1 is 1.17 bits per heavy atom. The Morgan fingerprint density at radius 3 is 2.72 bits per heavy atom. The zero-order chi connectivity index (χ0) is 20.2. The summed E-state index contributed by atoms with van der Waals surface area (Å²) in [6.45, 7) is 3.30. The highest BCUT2D eigenvalue weighted by atomic mass is 16.6. The normalized spacial score (nSPS) is 25.3. The van der Waals surface area contributed by atoms with Crippen molar-refractivity contribution in [2.24, 2.45) is 0 Å². The third-order valence-electron chi connectivity index (χ3n) is 5.06. The minimum absolute atomic E-state index is 0.103. The number of fused-ring (bicyclic) bond motifs is 1. The third-order valence-corrected chi connectivity index (χ3v) is 5.06. The van der Waals surface area contributed by atoms with Crippen LogP contribution in [0.5, 0.6) is 5.75 Å². The van der Waals surface area contributed by atoms with E-state index < -0.39 is 0 Å². The number of nitrogens with one attached hydrogen (secondary N) is 3. The summed E-state index contributed by atoms with van der Waals surface area (Å²) in [5.74, 6) is 1.24. The molecule has 0 saturated carbocycles. The Kier molecular flexibility index (Phi) is 5.77. The first-order valence-electron chi connectivity index (χ1n) is 9.70. The summed E-state index contributed by atoms with van der Waals surface area (Å²) in [4.78, 5) is 20.8. The first-order chi connectivity index (χ1) is 14.2. The predicted octanol–water partition coefficient (Wildman–Crippen LogP) is 1.42. The number of aromatic nitrogens is 2. The molecule has 1 aromatic heterocycles. The van der Waals surface area contributed by atoms with Crippen LogP contribution in [0.2, 0.25) is 0 Å². The fourth-order valence-corrected chi connectivity index (χ4v) is 3.73. The second-order valence-corrected chi connectivity index (χ2v) is 6.92. The molecule has 2 fully saturated rings. The van der Waals surface area contributed by atoms with Gasteiger partial charge in [0.1, 0.15) is 18.0 Å². The van der Waals surface area contributed by atoms with Gasteiger partial charge in [-0.05, 0) is 25.1 Å². The van der Waals surface area contributed by atoms with Crippen LogP contribution in [-0.2, 0) is 9.47 Å². The van der Waals surface area contributed by atoms with Crippen LogP contribution in [0.25, 0.3) is 11.3 Å². The average Bonchev–Trinajstić information content (AvgIpc) is 3.32. The van der Waals surface area contributed by atoms with Gasteiger partial charge in [-0.1, -0.05) is 12.1 Å². The van der Waals surface area contributed by atoms with Gasteiger partial charge in [0.2, 0.25) is 5.95 Å². The lowest BCUT2D eigenvalue weighted by Crippen LogP contribution is -2.48. The molecule has 9 heteroatoms. The van der Waals surface area contributed by atoms with Gasteiger partial charge in [0.05, 0.1) is 38.1 Å². The number of rotatable bonds is 6. The maximum Gasteiger partial charge on any atom is 0.315 e. The number of benzene rings is 1. The lowest BCUT2D eigenvalue weighted by molar-refractivity contribution is 0.0682. The molecule has 2 amide bonds. The van der Waals surface area contributed by atoms with Crippen LogP contribution < -0.4 is 20.7 Å². The van der Waals surface area contributed by atoms with E-state index >= 15 is 0 Å². The van der Waals surface area contributed by atoms with E-state index in [0.29, 0.717) is 25.7 Å². The van der Waals surface area contributed by atoms with Crippen molar-refractivity contribution < 1.29 is 19.0 Å². The molecule has 4 atom stereocenters. The fraction of sp³-hybridized carbons (Fsp3) is 0.450. The Balaban J connectivity index is 1.44. The highest BCUT2D eigenvalue weighted by molar-refractivity contribution is 5.74. The van der Waals surface area contributed by atoms with Crippen molar-refractivity contribution in [3.8, 4) is 17.0 Å². The van der Waals surface area contributed by atoms with Gasteiger partial charge in [0.25, 0.3) is 0 Å². The summed E-state index contributed by atoms with van der Waals surface area (Å²) in [7, 11) is 1.64. The fourth-order valence-electron chi connectivity index (χ4n) is 3.73. The number of methoxy groups -OCH3 is 1. The molecule has 9 nitrogen and oxygen atoms in total. The van der Waals surface area contributed by atoms with Gasteiger partial charge in [-0.25, -0.2) is 14.8 Å². The van der Waals surface area contributed by atoms with Gasteiger partial charge in [0.15, 0.2) is 0 Å². The zero-order valence-electron chi connectivity index (χ0n) is 16.4. The second kappa shape index (κ2) is 8.62. The smallest absolute Gasteiger partial charge is 0.315 e. The third kappa shape index (κ3) is 4.10. The van der Waals surface area contributed by atoms with Gasteiger partial charge in [-0.15, -0.1) is 0 Å². The highest BCUT2D eigenvalue weighted by Gasteiger charge is 2.48. The number of hydrogen-bond donors (Lipinski definition) is 3. The Bertz CT molecular complexity index is 864. The van der Waals surface area contributed by atoms with E-state index in [1.165, 1.54) is 0 Å². The summed E-state index contributed by atoms with van der Waals surface area (Å²) in [5.41, 5.74) is 1.66. The van der Waals surface area contributed by atoms with Gasteiger partial charge >= 0.3 is 6.03 Å². The van der Waals surface area contributed by atoms with Crippen LogP contribution in [-0.4, -0.2) is 67.2 Å². The number of carbonyl (C=O) groups excluding carboxylic acids is 1. The van der Waals surface area contributed by atoms with Crippen molar-refractivity contribution in [2.75, 3.05) is 32.2 Å². The standard InChI is InChI=1S/C20H25N5O4/c1-3-21-20(26)25-15-11-29-17-14(10-28-18(15)17)24-19-22-9-8-13(23-19)12-6-4-5-7-16(12)27-2/h4-9,14-15,17-18H,3,10-11H2,1-2H3,(H2,21,25,26)(H,22,23,24)/t14-,15-,17+,18+/m0/s1. The van der Waals surface area contributed by atoms with E-state index in [4.69, 9.17) is 14.2 Å². The summed E-state index contributed by atoms with van der Waals surface area (Å²) in [6, 6.07) is 9.06. The number of urea groups is 1. The van der Waals surface area contributed by atoms with Crippen LogP contribution in [0, 0.1) is 0 Å². The van der Waals surface area contributed by atoms with Crippen LogP contribution in [0.1, 0.15) is 6.92 Å². The number of nitrogens with zero attached hydrogens (tertiary/aromatic N) is 2. The molecule has 0 bridgehead atoms. The largest absolute Gasteiger partial charge is 0.496 e. The van der Waals surface area contributed by atoms with Crippen molar-refractivity contribution >= 4 is 12.0 Å². The molecule has 0 radical (unpaired) electrons. The number of ether oxygens (including phenoxy) is 3. The average molecular weight is 399 g/mol. The van der Waals surface area contributed by atoms with E-state index in [9.17, 15) is 4.79 Å². The molecule has 2 saturated heterocycles. The van der Waals surface area contributed by atoms with Crippen LogP contribution in [0.15, 0.2) is 36.5 Å². The molecule has 29 heavy (non-hydrogen) atoms. The summed E-state index contributed by atoms with van der Waals surface area (Å²) < 4.78 is 17.2. The maximum absolute atomic E-state index is 11.8. The molecular weight excluding hydrogens is 374 g/mol. The number of anilines is 1. The molecule has 3 heterocycles. The Labute approximate surface area is 169 Å². The summed E-state index contributed by atoms with van der Waals surface area (Å²) in [6.07, 6.45) is 1.33. The second-order valence-electron chi connectivity index (χ2n) is 6.92. The summed E-state index contributed by atoms with van der Waals surface area (Å²) in [5, 5.41) is 8.95. The minimum atomic E-state index is -0.213. The van der Waals surface area contributed by atoms with Crippen molar-refractivity contribution in [2.45, 2.75) is 31.2 Å². The topological polar surface area (TPSA) is 107 Å². The lowest BCUT2D eigenvalue weighted by atomic mass is 10.1. The van der Waals surface area contributed by atoms with Crippen molar-refractivity contribution in [1.29, 1.82) is 0 Å². The van der Waals surface area contributed by atoms with E-state index in [-0.39, 0.29) is 30.3 Å². The lowest BCUT2D eigenvalue weighted by Gasteiger charge is -2.18. The molecule has 1 aromatic carbocycles. The summed E-state index contributed by atoms with van der Waals surface area (Å²) >= 11 is 0. The van der Waals surface area contributed by atoms with Gasteiger partial charge in [-0.2, -0.15) is 0 Å². The first-order valence-corrected chi connectivity index (χ1v) is 9.70. The van der Waals surface area contributed by atoms with E-state index in [1.807, 2.05) is 37.3 Å². The molecule has 2 aromatic rings. The number of carbonyl (C=O) groups is 1. The van der Waals surface area contributed by atoms with Gasteiger partial charge in [-0.3, -0.25) is 0 Å². The molecule has 2 aliphatic heterocycles. The molecule has 154 valence electrons. The maximum atomic E-state index is 11.8. The monoisotopic (exact) mass is 399 g/mol. The number of amides is 2. The number of hydrogen-bond acceptors (Lipinski definition) is 7. The van der Waals surface area contributed by atoms with Gasteiger partial charge in [0, 0.05) is 18.3 Å². The van der Waals surface area contributed by atoms with Crippen LogP contribution in [0.3, 0.4) is 0 Å². The Hall–Kier alpha value is -2.91. The Morgan fingerprint density at radius 2 is 1.93 bits per heavy atom. The van der Waals surface area contributed by atoms with Gasteiger partial charge < -0.3 is 30.2 Å². The molecule has 0 aliphatic carbocycles. The molecular formula is C20H25N5O4. The van der Waals surface area contributed by atoms with Crippen LogP contribution in [0.4, 0.5) is 10.7 Å². The van der Waals surface area contributed by atoms with E-state index in [1.54, 1.807) is 13.3 Å². The SMILES string of the molecule is CCNC(=O)N[C@H]1CO[C@H]2[C@@H]1OC[C@@H]2Nc1nccc(-c2ccccc2OC)n1. The highest BCUT2D eigenvalue weighted by Crippen LogP contribution is 2.30. The molecule has 4 rings (SSSR count). The molecule has 3 N–H and O–H groups in total. The van der Waals surface area contributed by atoms with Crippen molar-refractivity contribution in [3.05, 3.63) is 36.5 Å². The predicted molar refractivity (Wildman–Crippen MR) is 107 cm³/mol. The molecule has 0 spiro atoms. The zero-order valence-corrected chi connectivity index (χ0v) is 16.4. The van der Waals surface area contributed by atoms with Crippen LogP contribution >= 0.6 is 0 Å².